The van der Waals surface area contributed by atoms with Gasteiger partial charge in [-0.15, -0.1) is 5.10 Å². The van der Waals surface area contributed by atoms with Gasteiger partial charge in [-0.1, -0.05) is 6.07 Å². The monoisotopic (exact) mass is 266 g/mol. The minimum absolute atomic E-state index is 0.0791. The van der Waals surface area contributed by atoms with Crippen LogP contribution < -0.4 is 11.4 Å². The molecule has 0 saturated heterocycles. The van der Waals surface area contributed by atoms with Crippen LogP contribution >= 0.6 is 11.8 Å². The van der Waals surface area contributed by atoms with Gasteiger partial charge in [0.05, 0.1) is 10.5 Å². The lowest BCUT2D eigenvalue weighted by Crippen LogP contribution is -2.13. The van der Waals surface area contributed by atoms with Gasteiger partial charge in [0.25, 0.3) is 0 Å². The lowest BCUT2D eigenvalue weighted by atomic mass is 10.2. The molecule has 1 heterocycles. The first kappa shape index (κ1) is 12.2. The number of H-pyrrole nitrogens is 1. The maximum atomic E-state index is 11.2. The van der Waals surface area contributed by atoms with Gasteiger partial charge in [0.2, 0.25) is 0 Å². The van der Waals surface area contributed by atoms with E-state index in [9.17, 15) is 9.59 Å². The average molecular weight is 266 g/mol. The van der Waals surface area contributed by atoms with Crippen molar-refractivity contribution in [2.45, 2.75) is 10.1 Å². The predicted molar refractivity (Wildman–Crippen MR) is 65.8 cm³/mol. The van der Waals surface area contributed by atoms with Crippen LogP contribution in [-0.4, -0.2) is 25.8 Å². The maximum absolute atomic E-state index is 11.2. The molecule has 0 spiro atoms. The summed E-state index contributed by atoms with van der Waals surface area (Å²) in [4.78, 5) is 22.7. The second kappa shape index (κ2) is 4.57. The third-order valence-electron chi connectivity index (χ3n) is 2.31. The van der Waals surface area contributed by atoms with Crippen LogP contribution in [0.25, 0.3) is 0 Å². The number of hydrogen-bond acceptors (Lipinski definition) is 5. The molecule has 0 aliphatic rings. The van der Waals surface area contributed by atoms with Crippen molar-refractivity contribution in [2.75, 3.05) is 5.73 Å². The van der Waals surface area contributed by atoms with E-state index < -0.39 is 5.97 Å². The van der Waals surface area contributed by atoms with Crippen LogP contribution in [0.4, 0.5) is 5.69 Å². The van der Waals surface area contributed by atoms with E-state index in [-0.39, 0.29) is 11.3 Å². The fourth-order valence-corrected chi connectivity index (χ4v) is 2.30. The van der Waals surface area contributed by atoms with Gasteiger partial charge in [-0.2, -0.15) is 0 Å². The zero-order chi connectivity index (χ0) is 13.3. The highest BCUT2D eigenvalue weighted by molar-refractivity contribution is 7.99. The number of carbonyl (C=O) groups is 1. The molecule has 0 bridgehead atoms. The van der Waals surface area contributed by atoms with Crippen molar-refractivity contribution in [1.82, 2.24) is 14.8 Å². The molecule has 0 saturated carbocycles. The molecule has 2 aromatic rings. The molecular weight excluding hydrogens is 256 g/mol. The van der Waals surface area contributed by atoms with Gasteiger partial charge in [0.15, 0.2) is 5.16 Å². The standard InChI is InChI=1S/C10H10N4O3S/c1-14-9(17)12-13-10(14)18-7-5(8(15)16)3-2-4-6(7)11/h2-4H,11H2,1H3,(H,12,17)(H,15,16). The molecule has 0 aliphatic carbocycles. The van der Waals surface area contributed by atoms with Crippen molar-refractivity contribution in [2.24, 2.45) is 7.05 Å². The molecule has 1 aromatic heterocycles. The normalized spacial score (nSPS) is 10.5. The largest absolute Gasteiger partial charge is 0.478 e. The summed E-state index contributed by atoms with van der Waals surface area (Å²) in [5.74, 6) is -1.08. The first-order valence-electron chi connectivity index (χ1n) is 4.91. The van der Waals surface area contributed by atoms with E-state index >= 15 is 0 Å². The highest BCUT2D eigenvalue weighted by Gasteiger charge is 2.16. The molecule has 7 nitrogen and oxygen atoms in total. The fourth-order valence-electron chi connectivity index (χ4n) is 1.35. The number of aromatic carboxylic acids is 1. The molecule has 18 heavy (non-hydrogen) atoms. The number of aromatic amines is 1. The quantitative estimate of drug-likeness (QED) is 0.699. The maximum Gasteiger partial charge on any atom is 0.343 e. The first-order valence-corrected chi connectivity index (χ1v) is 5.73. The summed E-state index contributed by atoms with van der Waals surface area (Å²) in [6.45, 7) is 0. The number of rotatable bonds is 3. The van der Waals surface area contributed by atoms with E-state index in [4.69, 9.17) is 10.8 Å². The lowest BCUT2D eigenvalue weighted by Gasteiger charge is -2.07. The third kappa shape index (κ3) is 2.09. The van der Waals surface area contributed by atoms with Crippen molar-refractivity contribution in [3.63, 3.8) is 0 Å². The molecule has 0 amide bonds. The number of nitrogens with two attached hydrogens (primary N) is 1. The molecule has 1 aromatic carbocycles. The van der Waals surface area contributed by atoms with Gasteiger partial charge in [0.1, 0.15) is 0 Å². The molecular formula is C10H10N4O3S. The van der Waals surface area contributed by atoms with Gasteiger partial charge in [-0.3, -0.25) is 4.57 Å². The van der Waals surface area contributed by atoms with Crippen LogP contribution in [0.5, 0.6) is 0 Å². The number of anilines is 1. The summed E-state index contributed by atoms with van der Waals surface area (Å²) in [6.07, 6.45) is 0. The molecule has 0 atom stereocenters. The van der Waals surface area contributed by atoms with E-state index in [2.05, 4.69) is 10.2 Å². The van der Waals surface area contributed by atoms with E-state index in [1.165, 1.54) is 17.7 Å². The molecule has 0 unspecified atom stereocenters. The van der Waals surface area contributed by atoms with Crippen molar-refractivity contribution in [3.8, 4) is 0 Å². The number of nitrogen functional groups attached to an aromatic ring is 1. The number of aromatic nitrogens is 3. The Hall–Kier alpha value is -2.22. The van der Waals surface area contributed by atoms with Crippen LogP contribution in [0.3, 0.4) is 0 Å². The molecule has 0 radical (unpaired) electrons. The first-order chi connectivity index (χ1) is 8.50. The highest BCUT2D eigenvalue weighted by Crippen LogP contribution is 2.33. The molecule has 2 rings (SSSR count). The Balaban J connectivity index is 2.49. The lowest BCUT2D eigenvalue weighted by molar-refractivity contribution is 0.0693. The second-order valence-corrected chi connectivity index (χ2v) is 4.48. The summed E-state index contributed by atoms with van der Waals surface area (Å²) in [5, 5.41) is 15.5. The van der Waals surface area contributed by atoms with Crippen molar-refractivity contribution in [3.05, 3.63) is 34.2 Å². The third-order valence-corrected chi connectivity index (χ3v) is 3.52. The van der Waals surface area contributed by atoms with Crippen LogP contribution in [0.1, 0.15) is 10.4 Å². The second-order valence-electron chi connectivity index (χ2n) is 3.50. The van der Waals surface area contributed by atoms with Crippen molar-refractivity contribution >= 4 is 23.4 Å². The van der Waals surface area contributed by atoms with Crippen LogP contribution in [0, 0.1) is 0 Å². The molecule has 4 N–H and O–H groups in total. The Bertz CT molecular complexity index is 661. The Morgan fingerprint density at radius 3 is 2.83 bits per heavy atom. The minimum atomic E-state index is -1.08. The predicted octanol–water partition coefficient (Wildman–Crippen LogP) is 0.540. The number of carboxylic acid groups (broad SMARTS) is 1. The summed E-state index contributed by atoms with van der Waals surface area (Å²) in [6, 6.07) is 4.61. The van der Waals surface area contributed by atoms with E-state index in [0.29, 0.717) is 15.7 Å². The number of benzene rings is 1. The van der Waals surface area contributed by atoms with Crippen molar-refractivity contribution < 1.29 is 9.90 Å². The average Bonchev–Trinajstić information content (AvgIpc) is 2.63. The number of nitrogens with zero attached hydrogens (tertiary/aromatic N) is 2. The number of nitrogens with one attached hydrogen (secondary N) is 1. The summed E-state index contributed by atoms with van der Waals surface area (Å²) in [7, 11) is 1.54. The Morgan fingerprint density at radius 2 is 2.28 bits per heavy atom. The molecule has 0 aliphatic heterocycles. The highest BCUT2D eigenvalue weighted by atomic mass is 32.2. The number of carboxylic acids is 1. The Labute approximate surface area is 106 Å². The minimum Gasteiger partial charge on any atom is -0.478 e. The smallest absolute Gasteiger partial charge is 0.343 e. The van der Waals surface area contributed by atoms with Gasteiger partial charge in [0, 0.05) is 12.7 Å². The molecule has 94 valence electrons. The summed E-state index contributed by atoms with van der Waals surface area (Å²) >= 11 is 1.03. The van der Waals surface area contributed by atoms with Gasteiger partial charge in [-0.05, 0) is 23.9 Å². The summed E-state index contributed by atoms with van der Waals surface area (Å²) in [5.41, 5.74) is 5.79. The van der Waals surface area contributed by atoms with E-state index in [1.807, 2.05) is 0 Å². The zero-order valence-electron chi connectivity index (χ0n) is 9.38. The van der Waals surface area contributed by atoms with Crippen LogP contribution in [-0.2, 0) is 7.05 Å². The molecule has 0 fully saturated rings. The van der Waals surface area contributed by atoms with Crippen LogP contribution in [0.2, 0.25) is 0 Å². The van der Waals surface area contributed by atoms with Gasteiger partial charge < -0.3 is 10.8 Å². The SMILES string of the molecule is Cn1c(Sc2c(N)cccc2C(=O)O)n[nH]c1=O. The summed E-state index contributed by atoms with van der Waals surface area (Å²) < 4.78 is 1.28. The Morgan fingerprint density at radius 1 is 1.56 bits per heavy atom. The van der Waals surface area contributed by atoms with E-state index in [1.54, 1.807) is 12.1 Å². The van der Waals surface area contributed by atoms with Crippen molar-refractivity contribution in [1.29, 1.82) is 0 Å². The van der Waals surface area contributed by atoms with Crippen LogP contribution in [0.15, 0.2) is 33.0 Å². The van der Waals surface area contributed by atoms with Gasteiger partial charge in [-0.25, -0.2) is 14.7 Å². The van der Waals surface area contributed by atoms with E-state index in [0.717, 1.165) is 11.8 Å². The fraction of sp³-hybridized carbons (Fsp3) is 0.100. The number of hydrogen-bond donors (Lipinski definition) is 3. The zero-order valence-corrected chi connectivity index (χ0v) is 10.2. The molecule has 8 heteroatoms. The Kier molecular flexibility index (Phi) is 3.11. The topological polar surface area (TPSA) is 114 Å². The van der Waals surface area contributed by atoms with Gasteiger partial charge >= 0.3 is 11.7 Å².